The van der Waals surface area contributed by atoms with E-state index in [1.807, 2.05) is 0 Å². The van der Waals surface area contributed by atoms with Crippen molar-refractivity contribution in [2.45, 2.75) is 12.6 Å². The van der Waals surface area contributed by atoms with Crippen LogP contribution in [0.1, 0.15) is 12.0 Å². The highest BCUT2D eigenvalue weighted by atomic mass is 19.4. The van der Waals surface area contributed by atoms with Gasteiger partial charge in [-0.3, -0.25) is 4.79 Å². The Kier molecular flexibility index (Phi) is 4.72. The van der Waals surface area contributed by atoms with Crippen LogP contribution in [-0.2, 0) is 11.0 Å². The lowest BCUT2D eigenvalue weighted by molar-refractivity contribution is -0.137. The summed E-state index contributed by atoms with van der Waals surface area (Å²) in [4.78, 5) is 13.5. The molecule has 1 fully saturated rings. The summed E-state index contributed by atoms with van der Waals surface area (Å²) < 4.78 is 42.8. The van der Waals surface area contributed by atoms with E-state index in [2.05, 4.69) is 0 Å². The van der Waals surface area contributed by atoms with Crippen LogP contribution in [-0.4, -0.2) is 37.0 Å². The average Bonchev–Trinajstić information content (AvgIpc) is 2.93. The number of carbonyl (C=O) groups is 1. The Morgan fingerprint density at radius 2 is 2.19 bits per heavy atom. The van der Waals surface area contributed by atoms with E-state index in [4.69, 9.17) is 10.5 Å². The molecule has 2 rings (SSSR count). The largest absolute Gasteiger partial charge is 0.484 e. The minimum atomic E-state index is -4.42. The monoisotopic (exact) mass is 302 g/mol. The fraction of sp³-hybridized carbons (Fsp3) is 0.500. The number of halogens is 3. The molecule has 2 N–H and O–H groups in total. The Morgan fingerprint density at radius 3 is 2.81 bits per heavy atom. The van der Waals surface area contributed by atoms with Crippen molar-refractivity contribution in [3.63, 3.8) is 0 Å². The van der Waals surface area contributed by atoms with Crippen LogP contribution in [0.4, 0.5) is 13.2 Å². The van der Waals surface area contributed by atoms with Gasteiger partial charge in [0.2, 0.25) is 0 Å². The van der Waals surface area contributed by atoms with Crippen molar-refractivity contribution in [1.29, 1.82) is 0 Å². The summed E-state index contributed by atoms with van der Waals surface area (Å²) in [5, 5.41) is 0. The molecule has 1 saturated heterocycles. The SMILES string of the molecule is NC[C@H]1CCN(C(=O)COc2cccc(C(F)(F)F)c2)C1. The third-order valence-corrected chi connectivity index (χ3v) is 3.50. The quantitative estimate of drug-likeness (QED) is 0.924. The Labute approximate surface area is 120 Å². The lowest BCUT2D eigenvalue weighted by Crippen LogP contribution is -2.33. The number of nitrogens with two attached hydrogens (primary N) is 1. The van der Waals surface area contributed by atoms with Gasteiger partial charge in [0.25, 0.3) is 5.91 Å². The zero-order valence-corrected chi connectivity index (χ0v) is 11.4. The number of rotatable bonds is 4. The molecule has 1 atom stereocenters. The molecule has 1 aromatic rings. The zero-order chi connectivity index (χ0) is 15.5. The van der Waals surface area contributed by atoms with E-state index in [-0.39, 0.29) is 18.3 Å². The number of carbonyl (C=O) groups excluding carboxylic acids is 1. The molecule has 0 aliphatic carbocycles. The van der Waals surface area contributed by atoms with Gasteiger partial charge in [0, 0.05) is 13.1 Å². The first kappa shape index (κ1) is 15.6. The molecular formula is C14H17F3N2O2. The van der Waals surface area contributed by atoms with Gasteiger partial charge in [-0.15, -0.1) is 0 Å². The molecule has 1 aromatic carbocycles. The van der Waals surface area contributed by atoms with E-state index in [1.165, 1.54) is 12.1 Å². The normalized spacial score (nSPS) is 18.9. The van der Waals surface area contributed by atoms with Gasteiger partial charge >= 0.3 is 6.18 Å². The smallest absolute Gasteiger partial charge is 0.416 e. The van der Waals surface area contributed by atoms with Crippen LogP contribution in [0.2, 0.25) is 0 Å². The molecule has 0 bridgehead atoms. The van der Waals surface area contributed by atoms with Gasteiger partial charge < -0.3 is 15.4 Å². The second-order valence-corrected chi connectivity index (χ2v) is 5.04. The van der Waals surface area contributed by atoms with Crippen molar-refractivity contribution in [2.24, 2.45) is 11.7 Å². The van der Waals surface area contributed by atoms with Crippen molar-refractivity contribution in [3.05, 3.63) is 29.8 Å². The number of nitrogens with zero attached hydrogens (tertiary/aromatic N) is 1. The Hall–Kier alpha value is -1.76. The molecule has 1 amide bonds. The van der Waals surface area contributed by atoms with Crippen LogP contribution in [0.5, 0.6) is 5.75 Å². The second kappa shape index (κ2) is 6.34. The van der Waals surface area contributed by atoms with Crippen LogP contribution in [0, 0.1) is 5.92 Å². The third-order valence-electron chi connectivity index (χ3n) is 3.50. The topological polar surface area (TPSA) is 55.6 Å². The van der Waals surface area contributed by atoms with Crippen LogP contribution in [0.15, 0.2) is 24.3 Å². The van der Waals surface area contributed by atoms with E-state index in [1.54, 1.807) is 4.90 Å². The predicted molar refractivity (Wildman–Crippen MR) is 70.7 cm³/mol. The lowest BCUT2D eigenvalue weighted by Gasteiger charge is -2.17. The first-order valence-corrected chi connectivity index (χ1v) is 6.68. The Balaban J connectivity index is 1.90. The summed E-state index contributed by atoms with van der Waals surface area (Å²) in [6.07, 6.45) is -3.57. The van der Waals surface area contributed by atoms with E-state index in [0.717, 1.165) is 18.6 Å². The van der Waals surface area contributed by atoms with E-state index < -0.39 is 11.7 Å². The van der Waals surface area contributed by atoms with Crippen molar-refractivity contribution in [2.75, 3.05) is 26.2 Å². The van der Waals surface area contributed by atoms with Gasteiger partial charge in [-0.1, -0.05) is 6.07 Å². The lowest BCUT2D eigenvalue weighted by atomic mass is 10.1. The van der Waals surface area contributed by atoms with Gasteiger partial charge in [-0.2, -0.15) is 13.2 Å². The van der Waals surface area contributed by atoms with Crippen LogP contribution >= 0.6 is 0 Å². The molecule has 4 nitrogen and oxygen atoms in total. The molecule has 0 spiro atoms. The minimum Gasteiger partial charge on any atom is -0.484 e. The first-order valence-electron chi connectivity index (χ1n) is 6.68. The molecule has 1 aliphatic rings. The fourth-order valence-electron chi connectivity index (χ4n) is 2.25. The van der Waals surface area contributed by atoms with Crippen molar-refractivity contribution < 1.29 is 22.7 Å². The molecule has 0 aromatic heterocycles. The van der Waals surface area contributed by atoms with Gasteiger partial charge in [-0.05, 0) is 37.1 Å². The van der Waals surface area contributed by atoms with Crippen molar-refractivity contribution >= 4 is 5.91 Å². The number of ether oxygens (including phenoxy) is 1. The summed E-state index contributed by atoms with van der Waals surface area (Å²) in [5.41, 5.74) is 4.75. The number of hydrogen-bond donors (Lipinski definition) is 1. The van der Waals surface area contributed by atoms with Crippen LogP contribution < -0.4 is 10.5 Å². The molecule has 1 aliphatic heterocycles. The zero-order valence-electron chi connectivity index (χ0n) is 11.4. The predicted octanol–water partition coefficient (Wildman–Crippen LogP) is 1.89. The maximum Gasteiger partial charge on any atom is 0.416 e. The Bertz CT molecular complexity index is 505. The molecule has 1 heterocycles. The third kappa shape index (κ3) is 4.10. The molecule has 0 saturated carbocycles. The molecule has 0 unspecified atom stereocenters. The molecule has 0 radical (unpaired) electrons. The number of amides is 1. The highest BCUT2D eigenvalue weighted by Crippen LogP contribution is 2.31. The molecular weight excluding hydrogens is 285 g/mol. The molecule has 21 heavy (non-hydrogen) atoms. The van der Waals surface area contributed by atoms with E-state index in [0.29, 0.717) is 25.6 Å². The van der Waals surface area contributed by atoms with Crippen molar-refractivity contribution in [1.82, 2.24) is 4.90 Å². The molecule has 7 heteroatoms. The van der Waals surface area contributed by atoms with Gasteiger partial charge in [0.15, 0.2) is 6.61 Å². The summed E-state index contributed by atoms with van der Waals surface area (Å²) in [6.45, 7) is 1.46. The summed E-state index contributed by atoms with van der Waals surface area (Å²) in [7, 11) is 0. The molecule has 116 valence electrons. The van der Waals surface area contributed by atoms with Crippen molar-refractivity contribution in [3.8, 4) is 5.75 Å². The highest BCUT2D eigenvalue weighted by molar-refractivity contribution is 5.78. The number of benzene rings is 1. The summed E-state index contributed by atoms with van der Waals surface area (Å²) in [5.74, 6) is 0.0959. The van der Waals surface area contributed by atoms with Crippen LogP contribution in [0.3, 0.4) is 0 Å². The second-order valence-electron chi connectivity index (χ2n) is 5.04. The fourth-order valence-corrected chi connectivity index (χ4v) is 2.25. The number of hydrogen-bond acceptors (Lipinski definition) is 3. The maximum absolute atomic E-state index is 12.6. The Morgan fingerprint density at radius 1 is 1.43 bits per heavy atom. The highest BCUT2D eigenvalue weighted by Gasteiger charge is 2.31. The number of likely N-dealkylation sites (tertiary alicyclic amines) is 1. The van der Waals surface area contributed by atoms with E-state index in [9.17, 15) is 18.0 Å². The summed E-state index contributed by atoms with van der Waals surface area (Å²) in [6, 6.07) is 4.50. The van der Waals surface area contributed by atoms with Gasteiger partial charge in [0.1, 0.15) is 5.75 Å². The first-order chi connectivity index (χ1) is 9.90. The average molecular weight is 302 g/mol. The van der Waals surface area contributed by atoms with Gasteiger partial charge in [-0.25, -0.2) is 0 Å². The maximum atomic E-state index is 12.6. The van der Waals surface area contributed by atoms with Gasteiger partial charge in [0.05, 0.1) is 5.56 Å². The van der Waals surface area contributed by atoms with E-state index >= 15 is 0 Å². The summed E-state index contributed by atoms with van der Waals surface area (Å²) >= 11 is 0. The van der Waals surface area contributed by atoms with Crippen LogP contribution in [0.25, 0.3) is 0 Å². The number of alkyl halides is 3. The standard InChI is InChI=1S/C14H17F3N2O2/c15-14(16,17)11-2-1-3-12(6-11)21-9-13(20)19-5-4-10(7-18)8-19/h1-3,6,10H,4-5,7-9,18H2/t10-/m1/s1. The minimum absolute atomic E-state index is 0.0350.